The second-order valence-electron chi connectivity index (χ2n) is 4.21. The van der Waals surface area contributed by atoms with E-state index < -0.39 is 0 Å². The summed E-state index contributed by atoms with van der Waals surface area (Å²) in [4.78, 5) is 0. The van der Waals surface area contributed by atoms with Crippen molar-refractivity contribution in [2.45, 2.75) is 0 Å². The van der Waals surface area contributed by atoms with E-state index in [0.717, 1.165) is 15.8 Å². The van der Waals surface area contributed by atoms with Gasteiger partial charge in [-0.1, -0.05) is 46.3 Å². The third-order valence-electron chi connectivity index (χ3n) is 2.84. The molecule has 0 aliphatic carbocycles. The minimum atomic E-state index is 0.844. The van der Waals surface area contributed by atoms with E-state index in [9.17, 15) is 0 Å². The average molecular weight is 311 g/mol. The quantitative estimate of drug-likeness (QED) is 0.517. The number of rotatable bonds is 2. The number of benzene rings is 3. The molecule has 0 aromatic heterocycles. The Morgan fingerprint density at radius 1 is 0.632 bits per heavy atom. The zero-order chi connectivity index (χ0) is 13.1. The van der Waals surface area contributed by atoms with Gasteiger partial charge in [0, 0.05) is 4.47 Å². The maximum Gasteiger partial charge on any atom is 0.0863 e. The van der Waals surface area contributed by atoms with Crippen molar-refractivity contribution >= 4 is 38.1 Å². The second kappa shape index (κ2) is 5.33. The van der Waals surface area contributed by atoms with Crippen LogP contribution in [0.5, 0.6) is 0 Å². The summed E-state index contributed by atoms with van der Waals surface area (Å²) in [6, 6.07) is 22.1. The molecule has 0 N–H and O–H groups in total. The van der Waals surface area contributed by atoms with E-state index in [2.05, 4.69) is 44.4 Å². The number of hydrogen-bond donors (Lipinski definition) is 0. The Labute approximate surface area is 119 Å². The Bertz CT molecular complexity index is 733. The van der Waals surface area contributed by atoms with Gasteiger partial charge in [0.1, 0.15) is 0 Å². The van der Waals surface area contributed by atoms with Crippen LogP contribution in [0.4, 0.5) is 11.4 Å². The summed E-state index contributed by atoms with van der Waals surface area (Å²) in [5.41, 5.74) is 1.71. The molecular weight excluding hydrogens is 300 g/mol. The van der Waals surface area contributed by atoms with Crippen LogP contribution in [-0.2, 0) is 0 Å². The van der Waals surface area contributed by atoms with Gasteiger partial charge < -0.3 is 0 Å². The summed E-state index contributed by atoms with van der Waals surface area (Å²) >= 11 is 3.40. The minimum absolute atomic E-state index is 0.844. The van der Waals surface area contributed by atoms with E-state index in [1.54, 1.807) is 0 Å². The van der Waals surface area contributed by atoms with Crippen molar-refractivity contribution in [3.63, 3.8) is 0 Å². The molecule has 0 radical (unpaired) electrons. The molecule has 19 heavy (non-hydrogen) atoms. The predicted molar refractivity (Wildman–Crippen MR) is 82.3 cm³/mol. The minimum Gasteiger partial charge on any atom is -0.151 e. The molecule has 3 aromatic rings. The zero-order valence-corrected chi connectivity index (χ0v) is 11.7. The SMILES string of the molecule is Brc1ccc(N=Nc2ccc3ccccc3c2)cc1. The molecule has 0 unspecified atom stereocenters. The van der Waals surface area contributed by atoms with Crippen LogP contribution in [0.15, 0.2) is 81.4 Å². The monoisotopic (exact) mass is 310 g/mol. The maximum absolute atomic E-state index is 4.27. The molecular formula is C16H11BrN2. The molecule has 3 rings (SSSR count). The summed E-state index contributed by atoms with van der Waals surface area (Å²) in [5, 5.41) is 10.9. The van der Waals surface area contributed by atoms with E-state index >= 15 is 0 Å². The molecule has 3 aromatic carbocycles. The highest BCUT2D eigenvalue weighted by Gasteiger charge is 1.95. The molecule has 92 valence electrons. The van der Waals surface area contributed by atoms with E-state index in [4.69, 9.17) is 0 Å². The van der Waals surface area contributed by atoms with Crippen molar-refractivity contribution < 1.29 is 0 Å². The van der Waals surface area contributed by atoms with Crippen molar-refractivity contribution in [2.75, 3.05) is 0 Å². The Balaban J connectivity index is 1.90. The van der Waals surface area contributed by atoms with Crippen LogP contribution in [0, 0.1) is 0 Å². The number of fused-ring (bicyclic) bond motifs is 1. The first-order valence-electron chi connectivity index (χ1n) is 5.97. The van der Waals surface area contributed by atoms with Gasteiger partial charge in [0.15, 0.2) is 0 Å². The predicted octanol–water partition coefficient (Wildman–Crippen LogP) is 6.02. The van der Waals surface area contributed by atoms with Crippen molar-refractivity contribution in [3.05, 3.63) is 71.2 Å². The maximum atomic E-state index is 4.27. The van der Waals surface area contributed by atoms with Crippen LogP contribution in [0.1, 0.15) is 0 Å². The molecule has 0 saturated heterocycles. The molecule has 0 amide bonds. The molecule has 0 aliphatic heterocycles. The highest BCUT2D eigenvalue weighted by Crippen LogP contribution is 2.24. The first kappa shape index (κ1) is 12.1. The fourth-order valence-corrected chi connectivity index (χ4v) is 2.13. The summed E-state index contributed by atoms with van der Waals surface area (Å²) in [5.74, 6) is 0. The Kier molecular flexibility index (Phi) is 3.38. The van der Waals surface area contributed by atoms with Gasteiger partial charge in [-0.05, 0) is 47.2 Å². The van der Waals surface area contributed by atoms with Crippen molar-refractivity contribution in [1.82, 2.24) is 0 Å². The summed E-state index contributed by atoms with van der Waals surface area (Å²) in [6.07, 6.45) is 0. The number of azo groups is 1. The Morgan fingerprint density at radius 2 is 1.26 bits per heavy atom. The van der Waals surface area contributed by atoms with Crippen LogP contribution >= 0.6 is 15.9 Å². The lowest BCUT2D eigenvalue weighted by atomic mass is 10.1. The van der Waals surface area contributed by atoms with Crippen LogP contribution in [0.25, 0.3) is 10.8 Å². The van der Waals surface area contributed by atoms with Gasteiger partial charge in [-0.15, -0.1) is 0 Å². The Hall–Kier alpha value is -2.00. The van der Waals surface area contributed by atoms with E-state index in [1.165, 1.54) is 10.8 Å². The molecule has 3 heteroatoms. The van der Waals surface area contributed by atoms with Gasteiger partial charge in [0.25, 0.3) is 0 Å². The molecule has 0 bridgehead atoms. The molecule has 0 saturated carbocycles. The fraction of sp³-hybridized carbons (Fsp3) is 0. The first-order chi connectivity index (χ1) is 9.31. The third-order valence-corrected chi connectivity index (χ3v) is 3.37. The standard InChI is InChI=1S/C16H11BrN2/c17-14-6-9-15(10-7-14)18-19-16-8-5-12-3-1-2-4-13(12)11-16/h1-11H. The van der Waals surface area contributed by atoms with Gasteiger partial charge in [-0.25, -0.2) is 0 Å². The largest absolute Gasteiger partial charge is 0.151 e. The van der Waals surface area contributed by atoms with Gasteiger partial charge in [0.2, 0.25) is 0 Å². The van der Waals surface area contributed by atoms with Crippen LogP contribution < -0.4 is 0 Å². The van der Waals surface area contributed by atoms with Gasteiger partial charge in [0.05, 0.1) is 11.4 Å². The molecule has 0 atom stereocenters. The highest BCUT2D eigenvalue weighted by atomic mass is 79.9. The van der Waals surface area contributed by atoms with Gasteiger partial charge in [-0.2, -0.15) is 10.2 Å². The van der Waals surface area contributed by atoms with E-state index in [-0.39, 0.29) is 0 Å². The van der Waals surface area contributed by atoms with Crippen LogP contribution in [-0.4, -0.2) is 0 Å². The number of halogens is 1. The first-order valence-corrected chi connectivity index (χ1v) is 6.77. The smallest absolute Gasteiger partial charge is 0.0863 e. The fourth-order valence-electron chi connectivity index (χ4n) is 1.86. The number of nitrogens with zero attached hydrogens (tertiary/aromatic N) is 2. The highest BCUT2D eigenvalue weighted by molar-refractivity contribution is 9.10. The number of hydrogen-bond acceptors (Lipinski definition) is 2. The van der Waals surface area contributed by atoms with E-state index in [1.807, 2.05) is 48.5 Å². The molecule has 0 heterocycles. The topological polar surface area (TPSA) is 24.7 Å². The van der Waals surface area contributed by atoms with Crippen LogP contribution in [0.3, 0.4) is 0 Å². The van der Waals surface area contributed by atoms with Crippen molar-refractivity contribution in [1.29, 1.82) is 0 Å². The Morgan fingerprint density at radius 3 is 2.05 bits per heavy atom. The lowest BCUT2D eigenvalue weighted by Crippen LogP contribution is -1.70. The molecule has 0 aliphatic rings. The summed E-state index contributed by atoms with van der Waals surface area (Å²) in [6.45, 7) is 0. The van der Waals surface area contributed by atoms with Crippen molar-refractivity contribution in [2.24, 2.45) is 10.2 Å². The van der Waals surface area contributed by atoms with E-state index in [0.29, 0.717) is 0 Å². The zero-order valence-electron chi connectivity index (χ0n) is 10.1. The lowest BCUT2D eigenvalue weighted by molar-refractivity contribution is 1.23. The molecule has 0 spiro atoms. The summed E-state index contributed by atoms with van der Waals surface area (Å²) in [7, 11) is 0. The van der Waals surface area contributed by atoms with Gasteiger partial charge in [-0.3, -0.25) is 0 Å². The summed E-state index contributed by atoms with van der Waals surface area (Å²) < 4.78 is 1.04. The van der Waals surface area contributed by atoms with Gasteiger partial charge >= 0.3 is 0 Å². The third kappa shape index (κ3) is 2.88. The van der Waals surface area contributed by atoms with Crippen LogP contribution in [0.2, 0.25) is 0 Å². The average Bonchev–Trinajstić information content (AvgIpc) is 2.46. The molecule has 0 fully saturated rings. The normalized spacial score (nSPS) is 11.2. The molecule has 2 nitrogen and oxygen atoms in total. The van der Waals surface area contributed by atoms with Crippen molar-refractivity contribution in [3.8, 4) is 0 Å². The lowest BCUT2D eigenvalue weighted by Gasteiger charge is -1.98. The second-order valence-corrected chi connectivity index (χ2v) is 5.12.